The molecule has 0 aliphatic heterocycles. The molecule has 0 heterocycles. The van der Waals surface area contributed by atoms with Crippen molar-refractivity contribution in [3.63, 3.8) is 0 Å². The van der Waals surface area contributed by atoms with Crippen molar-refractivity contribution in [2.24, 2.45) is 5.41 Å². The van der Waals surface area contributed by atoms with Crippen molar-refractivity contribution in [2.75, 3.05) is 4.90 Å². The average Bonchev–Trinajstić information content (AvgIpc) is 2.79. The summed E-state index contributed by atoms with van der Waals surface area (Å²) in [6.07, 6.45) is 3.66. The highest BCUT2D eigenvalue weighted by Crippen LogP contribution is 2.35. The van der Waals surface area contributed by atoms with Crippen molar-refractivity contribution < 1.29 is 14.7 Å². The van der Waals surface area contributed by atoms with Crippen LogP contribution in [0.25, 0.3) is 6.08 Å². The highest BCUT2D eigenvalue weighted by atomic mass is 16.3. The third-order valence-electron chi connectivity index (χ3n) is 5.71. The van der Waals surface area contributed by atoms with Gasteiger partial charge >= 0.3 is 0 Å². The molecule has 0 unspecified atom stereocenters. The van der Waals surface area contributed by atoms with Crippen LogP contribution in [0.15, 0.2) is 102 Å². The van der Waals surface area contributed by atoms with Gasteiger partial charge in [-0.05, 0) is 53.5 Å². The minimum atomic E-state index is -0.360. The number of aliphatic hydroxyl groups is 1. The predicted molar refractivity (Wildman–Crippen MR) is 133 cm³/mol. The number of para-hydroxylation sites is 2. The number of allylic oxidation sites excluding steroid dienone is 2. The van der Waals surface area contributed by atoms with E-state index in [2.05, 4.69) is 29.2 Å². The van der Waals surface area contributed by atoms with Crippen LogP contribution in [0.5, 0.6) is 0 Å². The molecule has 166 valence electrons. The average molecular weight is 438 g/mol. The van der Waals surface area contributed by atoms with E-state index in [0.29, 0.717) is 0 Å². The van der Waals surface area contributed by atoms with E-state index in [1.54, 1.807) is 6.08 Å². The predicted octanol–water partition coefficient (Wildman–Crippen LogP) is 6.94. The molecule has 0 saturated heterocycles. The monoisotopic (exact) mass is 437 g/mol. The van der Waals surface area contributed by atoms with E-state index in [9.17, 15) is 14.7 Å². The second-order valence-electron chi connectivity index (χ2n) is 9.06. The molecule has 0 spiro atoms. The van der Waals surface area contributed by atoms with Crippen LogP contribution in [0.3, 0.4) is 0 Å². The molecule has 3 aromatic rings. The molecule has 1 saturated carbocycles. The molecule has 4 nitrogen and oxygen atoms in total. The molecule has 1 aliphatic rings. The van der Waals surface area contributed by atoms with Crippen molar-refractivity contribution in [1.29, 1.82) is 0 Å². The number of rotatable bonds is 5. The van der Waals surface area contributed by atoms with Gasteiger partial charge in [0.1, 0.15) is 11.3 Å². The Morgan fingerprint density at radius 1 is 0.758 bits per heavy atom. The maximum absolute atomic E-state index is 12.4. The van der Waals surface area contributed by atoms with Crippen LogP contribution in [0.4, 0.5) is 17.1 Å². The molecule has 0 atom stereocenters. The lowest BCUT2D eigenvalue weighted by atomic mass is 9.74. The maximum atomic E-state index is 12.4. The van der Waals surface area contributed by atoms with E-state index in [1.165, 1.54) is 6.08 Å². The Bertz CT molecular complexity index is 1150. The fraction of sp³-hybridized carbons (Fsp3) is 0.172. The molecule has 1 N–H and O–H groups in total. The number of aliphatic hydroxyl groups excluding tert-OH is 1. The molecule has 3 aromatic carbocycles. The van der Waals surface area contributed by atoms with Crippen molar-refractivity contribution in [1.82, 2.24) is 0 Å². The summed E-state index contributed by atoms with van der Waals surface area (Å²) in [5.74, 6) is -0.856. The van der Waals surface area contributed by atoms with Gasteiger partial charge in [0, 0.05) is 29.9 Å². The van der Waals surface area contributed by atoms with Gasteiger partial charge in [-0.15, -0.1) is 0 Å². The third kappa shape index (κ3) is 5.12. The number of hydrogen-bond donors (Lipinski definition) is 1. The quantitative estimate of drug-likeness (QED) is 0.267. The molecule has 0 aromatic heterocycles. The molecule has 1 fully saturated rings. The van der Waals surface area contributed by atoms with Gasteiger partial charge in [0.25, 0.3) is 0 Å². The number of anilines is 3. The van der Waals surface area contributed by atoms with E-state index < -0.39 is 0 Å². The van der Waals surface area contributed by atoms with Crippen LogP contribution in [0.1, 0.15) is 32.3 Å². The summed E-state index contributed by atoms with van der Waals surface area (Å²) in [4.78, 5) is 26.9. The van der Waals surface area contributed by atoms with E-state index in [0.717, 1.165) is 22.6 Å². The van der Waals surface area contributed by atoms with E-state index in [4.69, 9.17) is 0 Å². The fourth-order valence-corrected chi connectivity index (χ4v) is 4.14. The Labute approximate surface area is 194 Å². The first kappa shape index (κ1) is 22.3. The van der Waals surface area contributed by atoms with Crippen molar-refractivity contribution in [2.45, 2.75) is 26.7 Å². The first-order chi connectivity index (χ1) is 15.8. The topological polar surface area (TPSA) is 57.6 Å². The summed E-state index contributed by atoms with van der Waals surface area (Å²) < 4.78 is 0. The Morgan fingerprint density at radius 2 is 1.21 bits per heavy atom. The van der Waals surface area contributed by atoms with Crippen LogP contribution < -0.4 is 4.90 Å². The molecule has 0 amide bonds. The largest absolute Gasteiger partial charge is 0.507 e. The van der Waals surface area contributed by atoms with E-state index in [1.807, 2.05) is 74.5 Å². The van der Waals surface area contributed by atoms with Crippen LogP contribution in [0, 0.1) is 5.41 Å². The van der Waals surface area contributed by atoms with E-state index in [-0.39, 0.29) is 41.2 Å². The highest BCUT2D eigenvalue weighted by molar-refractivity contribution is 6.22. The number of benzene rings is 3. The molecule has 33 heavy (non-hydrogen) atoms. The SMILES string of the molecule is CC1(C)CC(=O)C(=C(O)/C=C/c2ccc(N(c3ccccc3)c3ccccc3)cc2)C(=O)C1. The lowest BCUT2D eigenvalue weighted by molar-refractivity contribution is -0.127. The number of hydrogen-bond acceptors (Lipinski definition) is 4. The van der Waals surface area contributed by atoms with Crippen LogP contribution >= 0.6 is 0 Å². The van der Waals surface area contributed by atoms with Crippen LogP contribution in [-0.2, 0) is 9.59 Å². The first-order valence-electron chi connectivity index (χ1n) is 11.0. The zero-order valence-corrected chi connectivity index (χ0v) is 18.9. The maximum Gasteiger partial charge on any atom is 0.170 e. The normalized spacial score (nSPS) is 15.6. The summed E-state index contributed by atoms with van der Waals surface area (Å²) in [5, 5.41) is 10.4. The molecule has 4 rings (SSSR count). The van der Waals surface area contributed by atoms with Gasteiger partial charge < -0.3 is 10.0 Å². The molecular weight excluding hydrogens is 410 g/mol. The van der Waals surface area contributed by atoms with Crippen molar-refractivity contribution >= 4 is 34.7 Å². The van der Waals surface area contributed by atoms with Crippen molar-refractivity contribution in [3.8, 4) is 0 Å². The summed E-state index contributed by atoms with van der Waals surface area (Å²) in [7, 11) is 0. The number of carbonyl (C=O) groups excluding carboxylic acids is 2. The van der Waals surface area contributed by atoms with Gasteiger partial charge in [-0.2, -0.15) is 0 Å². The highest BCUT2D eigenvalue weighted by Gasteiger charge is 2.37. The van der Waals surface area contributed by atoms with Gasteiger partial charge in [0.2, 0.25) is 0 Å². The van der Waals surface area contributed by atoms with Gasteiger partial charge in [-0.3, -0.25) is 9.59 Å². The van der Waals surface area contributed by atoms with Crippen molar-refractivity contribution in [3.05, 3.63) is 108 Å². The second kappa shape index (κ2) is 9.29. The lowest BCUT2D eigenvalue weighted by Crippen LogP contribution is -2.32. The molecule has 4 heteroatoms. The number of nitrogens with zero attached hydrogens (tertiary/aromatic N) is 1. The molecule has 0 radical (unpaired) electrons. The van der Waals surface area contributed by atoms with Crippen LogP contribution in [0.2, 0.25) is 0 Å². The Kier molecular flexibility index (Phi) is 6.27. The molecule has 1 aliphatic carbocycles. The minimum absolute atomic E-state index is 0.0819. The molecule has 0 bridgehead atoms. The van der Waals surface area contributed by atoms with Gasteiger partial charge in [0.15, 0.2) is 11.6 Å². The Balaban J connectivity index is 1.59. The van der Waals surface area contributed by atoms with Crippen LogP contribution in [-0.4, -0.2) is 16.7 Å². The summed E-state index contributed by atoms with van der Waals surface area (Å²) in [6.45, 7) is 3.78. The van der Waals surface area contributed by atoms with Gasteiger partial charge in [-0.1, -0.05) is 68.5 Å². The zero-order valence-electron chi connectivity index (χ0n) is 18.9. The zero-order chi connectivity index (χ0) is 23.4. The summed E-state index contributed by atoms with van der Waals surface area (Å²) in [6, 6.07) is 28.1. The standard InChI is InChI=1S/C29H27NO3/c1-29(2)19-26(32)28(27(33)20-29)25(31)18-15-21-13-16-24(17-14-21)30(22-9-5-3-6-10-22)23-11-7-4-8-12-23/h3-18,31H,19-20H2,1-2H3/b18-15+. The van der Waals surface area contributed by atoms with Gasteiger partial charge in [-0.25, -0.2) is 0 Å². The lowest BCUT2D eigenvalue weighted by Gasteiger charge is -2.28. The molecular formula is C29H27NO3. The Morgan fingerprint density at radius 3 is 1.70 bits per heavy atom. The number of carbonyl (C=O) groups is 2. The summed E-state index contributed by atoms with van der Waals surface area (Å²) >= 11 is 0. The Hall–Kier alpha value is -3.92. The third-order valence-corrected chi connectivity index (χ3v) is 5.71. The summed E-state index contributed by atoms with van der Waals surface area (Å²) in [5.41, 5.74) is 3.50. The van der Waals surface area contributed by atoms with Gasteiger partial charge in [0.05, 0.1) is 0 Å². The number of ketones is 2. The van der Waals surface area contributed by atoms with E-state index >= 15 is 0 Å². The second-order valence-corrected chi connectivity index (χ2v) is 9.06. The smallest absolute Gasteiger partial charge is 0.170 e. The first-order valence-corrected chi connectivity index (χ1v) is 11.0. The fourth-order valence-electron chi connectivity index (χ4n) is 4.14. The number of Topliss-reactive ketones (excluding diaryl/α,β-unsaturated/α-hetero) is 2. The minimum Gasteiger partial charge on any atom is -0.507 e.